The molecule has 4 aromatic heterocycles. The number of nitrogens with one attached hydrogen (secondary N) is 2. The van der Waals surface area contributed by atoms with Crippen LogP contribution in [0.1, 0.15) is 88.4 Å². The third-order valence-electron chi connectivity index (χ3n) is 8.97. The van der Waals surface area contributed by atoms with Crippen molar-refractivity contribution in [1.29, 1.82) is 0 Å². The van der Waals surface area contributed by atoms with Gasteiger partial charge in [0.2, 0.25) is 11.1 Å². The predicted octanol–water partition coefficient (Wildman–Crippen LogP) is 10.2. The number of aromatic amines is 1. The molecule has 16 heteroatoms. The van der Waals surface area contributed by atoms with Crippen molar-refractivity contribution in [1.82, 2.24) is 39.5 Å². The quantitative estimate of drug-likeness (QED) is 0.0376. The van der Waals surface area contributed by atoms with E-state index in [2.05, 4.69) is 96.8 Å². The van der Waals surface area contributed by atoms with Crippen molar-refractivity contribution in [3.8, 4) is 22.8 Å². The minimum absolute atomic E-state index is 0.0434. The van der Waals surface area contributed by atoms with Crippen molar-refractivity contribution >= 4 is 69.7 Å². The minimum atomic E-state index is -0.508. The maximum Gasteiger partial charge on any atom is 0.236 e. The molecule has 2 aliphatic rings. The van der Waals surface area contributed by atoms with Crippen LogP contribution in [-0.2, 0) is 9.59 Å². The Labute approximate surface area is 358 Å². The molecule has 304 valence electrons. The standard InChI is InChI=1S/C21H23N5OS.C10H10N4S.C9H13N.C2H2Cl2O/c1-14(2)15-3-5-17(6-4-15)23-19(27)13-28-21-25-24-20(26(21)18-7-8-18)16-9-11-22-12-10-16;15-10-13-12-9(14(10)8-1-2-8)7-3-5-11-6-4-7;1-7(2)8-3-5-9(10)6-4-8;3-1-2(4)5/h3-6,9-12,14,18H,7-8,13H2,1-2H3,(H,23,27);3-6,8H,1-2H2,(H,13,15);3-7H,10H2,1-2H3;1H2. The summed E-state index contributed by atoms with van der Waals surface area (Å²) in [6.07, 6.45) is 11.7. The van der Waals surface area contributed by atoms with E-state index in [0.29, 0.717) is 34.4 Å². The smallest absolute Gasteiger partial charge is 0.236 e. The summed E-state index contributed by atoms with van der Waals surface area (Å²) in [6.45, 7) is 8.65. The topological polar surface area (TPSA) is 162 Å². The lowest BCUT2D eigenvalue weighted by Gasteiger charge is -2.10. The molecule has 0 spiro atoms. The Morgan fingerprint density at radius 3 is 1.76 bits per heavy atom. The first-order valence-electron chi connectivity index (χ1n) is 19.0. The number of pyridine rings is 2. The Morgan fingerprint density at radius 1 is 0.793 bits per heavy atom. The van der Waals surface area contributed by atoms with Crippen LogP contribution >= 0.6 is 47.2 Å². The Balaban J connectivity index is 0.000000177. The summed E-state index contributed by atoms with van der Waals surface area (Å²) in [7, 11) is 0. The van der Waals surface area contributed by atoms with Crippen LogP contribution in [0.3, 0.4) is 0 Å². The molecule has 4 N–H and O–H groups in total. The van der Waals surface area contributed by atoms with E-state index in [0.717, 1.165) is 52.1 Å². The molecule has 0 aliphatic heterocycles. The molecule has 2 aromatic carbocycles. The van der Waals surface area contributed by atoms with Crippen molar-refractivity contribution in [3.63, 3.8) is 0 Å². The molecule has 0 unspecified atom stereocenters. The van der Waals surface area contributed by atoms with Crippen LogP contribution in [0.25, 0.3) is 22.8 Å². The van der Waals surface area contributed by atoms with Crippen LogP contribution in [0, 0.1) is 4.77 Å². The summed E-state index contributed by atoms with van der Waals surface area (Å²) in [5.74, 6) is 3.00. The fourth-order valence-electron chi connectivity index (χ4n) is 5.58. The second-order valence-corrected chi connectivity index (χ2v) is 16.3. The van der Waals surface area contributed by atoms with Crippen molar-refractivity contribution in [2.75, 3.05) is 22.7 Å². The van der Waals surface area contributed by atoms with Crippen LogP contribution < -0.4 is 11.1 Å². The molecule has 0 radical (unpaired) electrons. The number of nitrogens with zero attached hydrogens (tertiary/aromatic N) is 7. The Morgan fingerprint density at radius 2 is 1.28 bits per heavy atom. The SMILES string of the molecule is CC(C)c1ccc(N)cc1.CC(C)c1ccc(NC(=O)CSc2nnc(-c3ccncc3)n2C2CC2)cc1.O=C(Cl)CCl.S=c1[nH]nc(-c2ccncc2)n1C1CC1. The first-order valence-corrected chi connectivity index (χ1v) is 21.3. The summed E-state index contributed by atoms with van der Waals surface area (Å²) < 4.78 is 4.97. The van der Waals surface area contributed by atoms with Gasteiger partial charge >= 0.3 is 0 Å². The molecular formula is C42H48Cl2N10O2S2. The van der Waals surface area contributed by atoms with E-state index in [1.54, 1.807) is 24.8 Å². The van der Waals surface area contributed by atoms with Gasteiger partial charge in [0, 0.05) is 59.4 Å². The van der Waals surface area contributed by atoms with Gasteiger partial charge in [-0.3, -0.25) is 33.8 Å². The molecule has 2 saturated carbocycles. The van der Waals surface area contributed by atoms with Gasteiger partial charge in [0.15, 0.2) is 21.6 Å². The number of halogens is 2. The van der Waals surface area contributed by atoms with E-state index in [9.17, 15) is 9.59 Å². The monoisotopic (exact) mass is 858 g/mol. The molecule has 0 saturated heterocycles. The van der Waals surface area contributed by atoms with Gasteiger partial charge in [0.25, 0.3) is 0 Å². The average molecular weight is 860 g/mol. The van der Waals surface area contributed by atoms with Crippen LogP contribution in [0.15, 0.2) is 103 Å². The van der Waals surface area contributed by atoms with E-state index in [-0.39, 0.29) is 11.8 Å². The van der Waals surface area contributed by atoms with Gasteiger partial charge in [0.1, 0.15) is 0 Å². The highest BCUT2D eigenvalue weighted by Crippen LogP contribution is 2.41. The lowest BCUT2D eigenvalue weighted by atomic mass is 10.0. The second kappa shape index (κ2) is 21.8. The average Bonchev–Trinajstić information content (AvgIpc) is 4.18. The number of anilines is 2. The lowest BCUT2D eigenvalue weighted by Crippen LogP contribution is -2.14. The van der Waals surface area contributed by atoms with E-state index in [4.69, 9.17) is 41.2 Å². The fraction of sp³-hybridized carbons (Fsp3) is 0.333. The van der Waals surface area contributed by atoms with Gasteiger partial charge in [-0.2, -0.15) is 5.10 Å². The largest absolute Gasteiger partial charge is 0.399 e. The Hall–Kier alpha value is -4.89. The molecule has 8 rings (SSSR count). The van der Waals surface area contributed by atoms with Gasteiger partial charge in [-0.1, -0.05) is 63.7 Å². The number of hydrogen-bond donors (Lipinski definition) is 3. The maximum atomic E-state index is 12.4. The first-order chi connectivity index (χ1) is 27.9. The van der Waals surface area contributed by atoms with Crippen LogP contribution in [0.5, 0.6) is 0 Å². The molecule has 1 amide bonds. The fourth-order valence-corrected chi connectivity index (χ4v) is 6.66. The zero-order valence-electron chi connectivity index (χ0n) is 32.9. The number of nitrogen functional groups attached to an aromatic ring is 1. The molecule has 0 atom stereocenters. The summed E-state index contributed by atoms with van der Waals surface area (Å²) in [4.78, 5) is 29.9. The number of carbonyl (C=O) groups excluding carboxylic acids is 2. The van der Waals surface area contributed by atoms with Crippen molar-refractivity contribution in [3.05, 3.63) is 113 Å². The summed E-state index contributed by atoms with van der Waals surface area (Å²) >= 11 is 16.2. The molecule has 0 bridgehead atoms. The molecule has 58 heavy (non-hydrogen) atoms. The highest BCUT2D eigenvalue weighted by Gasteiger charge is 2.30. The second-order valence-electron chi connectivity index (χ2n) is 14.3. The van der Waals surface area contributed by atoms with Crippen LogP contribution in [0.2, 0.25) is 0 Å². The molecule has 2 aliphatic carbocycles. The van der Waals surface area contributed by atoms with E-state index < -0.39 is 5.24 Å². The van der Waals surface area contributed by atoms with Gasteiger partial charge < -0.3 is 11.1 Å². The molecule has 2 fully saturated rings. The zero-order valence-corrected chi connectivity index (χ0v) is 36.0. The highest BCUT2D eigenvalue weighted by atomic mass is 35.5. The molecule has 12 nitrogen and oxygen atoms in total. The third-order valence-corrected chi connectivity index (χ3v) is 10.7. The first kappa shape index (κ1) is 44.2. The van der Waals surface area contributed by atoms with E-state index in [1.807, 2.05) is 48.5 Å². The number of amides is 1. The molecule has 6 aromatic rings. The number of thioether (sulfide) groups is 1. The van der Waals surface area contributed by atoms with Crippen LogP contribution in [-0.4, -0.2) is 62.3 Å². The van der Waals surface area contributed by atoms with Gasteiger partial charge in [-0.15, -0.1) is 21.8 Å². The van der Waals surface area contributed by atoms with E-state index in [1.165, 1.54) is 35.7 Å². The predicted molar refractivity (Wildman–Crippen MR) is 237 cm³/mol. The number of hydrogen-bond acceptors (Lipinski definition) is 10. The van der Waals surface area contributed by atoms with Gasteiger partial charge in [-0.05, 0) is 121 Å². The Kier molecular flexibility index (Phi) is 16.6. The molecular weight excluding hydrogens is 812 g/mol. The number of H-pyrrole nitrogens is 1. The van der Waals surface area contributed by atoms with E-state index >= 15 is 0 Å². The number of carbonyl (C=O) groups is 2. The number of aromatic nitrogens is 8. The highest BCUT2D eigenvalue weighted by molar-refractivity contribution is 7.99. The van der Waals surface area contributed by atoms with Crippen molar-refractivity contribution < 1.29 is 9.59 Å². The van der Waals surface area contributed by atoms with Crippen molar-refractivity contribution in [2.24, 2.45) is 0 Å². The lowest BCUT2D eigenvalue weighted by molar-refractivity contribution is -0.114. The third kappa shape index (κ3) is 13.3. The normalized spacial score (nSPS) is 13.0. The summed E-state index contributed by atoms with van der Waals surface area (Å²) in [6, 6.07) is 24.8. The number of benzene rings is 2. The summed E-state index contributed by atoms with van der Waals surface area (Å²) in [5.41, 5.74) is 11.8. The van der Waals surface area contributed by atoms with Gasteiger partial charge in [-0.25, -0.2) is 0 Å². The summed E-state index contributed by atoms with van der Waals surface area (Å²) in [5, 5.41) is 19.1. The minimum Gasteiger partial charge on any atom is -0.399 e. The van der Waals surface area contributed by atoms with Gasteiger partial charge in [0.05, 0.1) is 11.6 Å². The maximum absolute atomic E-state index is 12.4. The van der Waals surface area contributed by atoms with Crippen molar-refractivity contribution in [2.45, 2.75) is 82.5 Å². The number of rotatable bonds is 11. The number of nitrogens with two attached hydrogens (primary N) is 1. The zero-order chi connectivity index (χ0) is 41.6. The molecule has 4 heterocycles. The number of alkyl halides is 1. The Bertz CT molecular complexity index is 2260. The van der Waals surface area contributed by atoms with Crippen LogP contribution in [0.4, 0.5) is 11.4 Å².